The summed E-state index contributed by atoms with van der Waals surface area (Å²) in [4.78, 5) is 12.9. The smallest absolute Gasteiger partial charge is 0.305 e. The third-order valence-corrected chi connectivity index (χ3v) is 3.78. The van der Waals surface area contributed by atoms with E-state index in [1.807, 2.05) is 18.9 Å². The fourth-order valence-electron chi connectivity index (χ4n) is 2.64. The molecular weight excluding hydrogens is 204 g/mol. The first-order valence-corrected chi connectivity index (χ1v) is 5.86. The van der Waals surface area contributed by atoms with Gasteiger partial charge >= 0.3 is 5.97 Å². The number of hydrogen-bond donors (Lipinski definition) is 1. The number of nitriles is 1. The number of rotatable bonds is 4. The highest BCUT2D eigenvalue weighted by molar-refractivity contribution is 5.68. The van der Waals surface area contributed by atoms with E-state index in [2.05, 4.69) is 6.07 Å². The first kappa shape index (κ1) is 13.0. The van der Waals surface area contributed by atoms with Gasteiger partial charge < -0.3 is 5.11 Å². The average Bonchev–Trinajstić information content (AvgIpc) is 2.27. The molecule has 0 heterocycles. The Kier molecular flexibility index (Phi) is 4.31. The second-order valence-electron chi connectivity index (χ2n) is 4.77. The third-order valence-electron chi connectivity index (χ3n) is 3.78. The summed E-state index contributed by atoms with van der Waals surface area (Å²) in [6, 6.07) is 1.97. The van der Waals surface area contributed by atoms with Crippen molar-refractivity contribution in [2.24, 2.45) is 0 Å². The summed E-state index contributed by atoms with van der Waals surface area (Å²) in [5.41, 5.74) is -0.306. The maximum atomic E-state index is 11.0. The van der Waals surface area contributed by atoms with Crippen molar-refractivity contribution >= 4 is 5.97 Å². The molecule has 16 heavy (non-hydrogen) atoms. The Morgan fingerprint density at radius 1 is 1.50 bits per heavy atom. The SMILES string of the molecule is CC(C#N)N(C)C1(CC(=O)O)CCCCC1. The van der Waals surface area contributed by atoms with Gasteiger partial charge in [0.05, 0.1) is 18.5 Å². The number of nitrogens with zero attached hydrogens (tertiary/aromatic N) is 2. The molecule has 0 saturated heterocycles. The standard InChI is InChI=1S/C12H20N2O2/c1-10(9-13)14(2)12(8-11(15)16)6-4-3-5-7-12/h10H,3-8H2,1-2H3,(H,15,16). The molecule has 4 nitrogen and oxygen atoms in total. The predicted molar refractivity (Wildman–Crippen MR) is 60.9 cm³/mol. The van der Waals surface area contributed by atoms with Crippen LogP contribution in [0.1, 0.15) is 45.4 Å². The van der Waals surface area contributed by atoms with Crippen LogP contribution in [0.3, 0.4) is 0 Å². The minimum absolute atomic E-state index is 0.148. The second kappa shape index (κ2) is 5.31. The third kappa shape index (κ3) is 2.73. The zero-order valence-corrected chi connectivity index (χ0v) is 10.1. The summed E-state index contributed by atoms with van der Waals surface area (Å²) < 4.78 is 0. The molecule has 1 atom stereocenters. The molecule has 1 rings (SSSR count). The van der Waals surface area contributed by atoms with E-state index >= 15 is 0 Å². The van der Waals surface area contributed by atoms with Gasteiger partial charge in [-0.1, -0.05) is 19.3 Å². The van der Waals surface area contributed by atoms with Crippen LogP contribution in [-0.2, 0) is 4.79 Å². The summed E-state index contributed by atoms with van der Waals surface area (Å²) in [5, 5.41) is 18.0. The van der Waals surface area contributed by atoms with Crippen LogP contribution in [0.15, 0.2) is 0 Å². The van der Waals surface area contributed by atoms with Gasteiger partial charge in [-0.25, -0.2) is 0 Å². The molecule has 1 aliphatic rings. The summed E-state index contributed by atoms with van der Waals surface area (Å²) in [5.74, 6) is -0.765. The molecule has 1 N–H and O–H groups in total. The quantitative estimate of drug-likeness (QED) is 0.793. The van der Waals surface area contributed by atoms with Crippen molar-refractivity contribution in [1.82, 2.24) is 4.90 Å². The van der Waals surface area contributed by atoms with Gasteiger partial charge in [0.25, 0.3) is 0 Å². The molecule has 0 amide bonds. The Bertz CT molecular complexity index is 290. The van der Waals surface area contributed by atoms with Crippen LogP contribution >= 0.6 is 0 Å². The van der Waals surface area contributed by atoms with Crippen molar-refractivity contribution in [2.75, 3.05) is 7.05 Å². The Labute approximate surface area is 96.9 Å². The molecule has 0 aliphatic heterocycles. The first-order chi connectivity index (χ1) is 7.52. The van der Waals surface area contributed by atoms with Crippen molar-refractivity contribution in [3.8, 4) is 6.07 Å². The monoisotopic (exact) mass is 224 g/mol. The number of carbonyl (C=O) groups is 1. The van der Waals surface area contributed by atoms with E-state index in [0.717, 1.165) is 25.7 Å². The van der Waals surface area contributed by atoms with Gasteiger partial charge in [0.15, 0.2) is 0 Å². The van der Waals surface area contributed by atoms with Crippen LogP contribution in [0.2, 0.25) is 0 Å². The average molecular weight is 224 g/mol. The zero-order valence-electron chi connectivity index (χ0n) is 10.1. The summed E-state index contributed by atoms with van der Waals surface area (Å²) in [6.45, 7) is 1.83. The molecular formula is C12H20N2O2. The van der Waals surface area contributed by atoms with Gasteiger partial charge in [0.2, 0.25) is 0 Å². The number of aliphatic carboxylic acids is 1. The molecule has 0 spiro atoms. The molecule has 0 aromatic carbocycles. The summed E-state index contributed by atoms with van der Waals surface area (Å²) in [6.07, 6.45) is 5.24. The highest BCUT2D eigenvalue weighted by atomic mass is 16.4. The molecule has 0 aromatic rings. The number of carboxylic acids is 1. The topological polar surface area (TPSA) is 64.3 Å². The minimum Gasteiger partial charge on any atom is -0.481 e. The van der Waals surface area contributed by atoms with E-state index in [4.69, 9.17) is 10.4 Å². The van der Waals surface area contributed by atoms with Gasteiger partial charge in [-0.15, -0.1) is 0 Å². The van der Waals surface area contributed by atoms with Crippen molar-refractivity contribution in [1.29, 1.82) is 5.26 Å². The lowest BCUT2D eigenvalue weighted by atomic mass is 9.77. The van der Waals surface area contributed by atoms with Gasteiger partial charge in [0, 0.05) is 5.54 Å². The summed E-state index contributed by atoms with van der Waals surface area (Å²) in [7, 11) is 1.88. The largest absolute Gasteiger partial charge is 0.481 e. The summed E-state index contributed by atoms with van der Waals surface area (Å²) >= 11 is 0. The normalized spacial score (nSPS) is 21.4. The van der Waals surface area contributed by atoms with Gasteiger partial charge in [-0.2, -0.15) is 5.26 Å². The van der Waals surface area contributed by atoms with E-state index in [-0.39, 0.29) is 18.0 Å². The Hall–Kier alpha value is -1.08. The van der Waals surface area contributed by atoms with Crippen LogP contribution in [-0.4, -0.2) is 34.6 Å². The fourth-order valence-corrected chi connectivity index (χ4v) is 2.64. The first-order valence-electron chi connectivity index (χ1n) is 5.86. The van der Waals surface area contributed by atoms with E-state index < -0.39 is 5.97 Å². The minimum atomic E-state index is -0.765. The molecule has 1 aliphatic carbocycles. The van der Waals surface area contributed by atoms with Crippen LogP contribution in [0.5, 0.6) is 0 Å². The predicted octanol–water partition coefficient (Wildman–Crippen LogP) is 2.01. The number of carboxylic acid groups (broad SMARTS) is 1. The Balaban J connectivity index is 2.85. The fraction of sp³-hybridized carbons (Fsp3) is 0.833. The van der Waals surface area contributed by atoms with Crippen LogP contribution < -0.4 is 0 Å². The zero-order chi connectivity index (χ0) is 12.2. The molecule has 0 radical (unpaired) electrons. The molecule has 0 aromatic heterocycles. The van der Waals surface area contributed by atoms with E-state index in [1.54, 1.807) is 0 Å². The molecule has 1 unspecified atom stereocenters. The van der Waals surface area contributed by atoms with E-state index in [1.165, 1.54) is 6.42 Å². The molecule has 0 bridgehead atoms. The van der Waals surface area contributed by atoms with Crippen molar-refractivity contribution in [3.63, 3.8) is 0 Å². The van der Waals surface area contributed by atoms with Crippen LogP contribution in [0.25, 0.3) is 0 Å². The molecule has 1 fully saturated rings. The Morgan fingerprint density at radius 2 is 2.06 bits per heavy atom. The molecule has 90 valence electrons. The van der Waals surface area contributed by atoms with E-state index in [0.29, 0.717) is 0 Å². The van der Waals surface area contributed by atoms with Crippen molar-refractivity contribution < 1.29 is 9.90 Å². The van der Waals surface area contributed by atoms with Crippen LogP contribution in [0, 0.1) is 11.3 Å². The second-order valence-corrected chi connectivity index (χ2v) is 4.77. The highest BCUT2D eigenvalue weighted by Crippen LogP contribution is 2.36. The van der Waals surface area contributed by atoms with Gasteiger partial charge in [-0.05, 0) is 26.8 Å². The lowest BCUT2D eigenvalue weighted by Gasteiger charge is -2.45. The highest BCUT2D eigenvalue weighted by Gasteiger charge is 2.39. The maximum absolute atomic E-state index is 11.0. The van der Waals surface area contributed by atoms with E-state index in [9.17, 15) is 4.79 Å². The van der Waals surface area contributed by atoms with Crippen molar-refractivity contribution in [2.45, 2.75) is 57.0 Å². The number of hydrogen-bond acceptors (Lipinski definition) is 3. The van der Waals surface area contributed by atoms with Crippen molar-refractivity contribution in [3.05, 3.63) is 0 Å². The lowest BCUT2D eigenvalue weighted by Crippen LogP contribution is -2.52. The molecule has 4 heteroatoms. The maximum Gasteiger partial charge on any atom is 0.305 e. The molecule has 1 saturated carbocycles. The van der Waals surface area contributed by atoms with Gasteiger partial charge in [-0.3, -0.25) is 9.69 Å². The Morgan fingerprint density at radius 3 is 2.50 bits per heavy atom. The van der Waals surface area contributed by atoms with Gasteiger partial charge in [0.1, 0.15) is 0 Å². The van der Waals surface area contributed by atoms with Crippen LogP contribution in [0.4, 0.5) is 0 Å². The lowest BCUT2D eigenvalue weighted by molar-refractivity contribution is -0.141.